The van der Waals surface area contributed by atoms with Gasteiger partial charge in [0.05, 0.1) is 18.5 Å². The first-order valence-electron chi connectivity index (χ1n) is 5.40. The van der Waals surface area contributed by atoms with Gasteiger partial charge in [0.1, 0.15) is 12.3 Å². The number of amides is 1. The Morgan fingerprint density at radius 3 is 3.00 bits per heavy atom. The van der Waals surface area contributed by atoms with E-state index in [0.717, 1.165) is 0 Å². The van der Waals surface area contributed by atoms with Crippen LogP contribution in [0.15, 0.2) is 36.7 Å². The number of benzene rings is 1. The Morgan fingerprint density at radius 2 is 2.39 bits per heavy atom. The molecule has 18 heavy (non-hydrogen) atoms. The Morgan fingerprint density at radius 1 is 1.56 bits per heavy atom. The summed E-state index contributed by atoms with van der Waals surface area (Å²) in [6.45, 7) is 0.151. The molecule has 3 N–H and O–H groups in total. The predicted octanol–water partition coefficient (Wildman–Crippen LogP) is 1.11. The molecule has 0 fully saturated rings. The van der Waals surface area contributed by atoms with Crippen molar-refractivity contribution in [3.8, 4) is 5.75 Å². The zero-order valence-corrected chi connectivity index (χ0v) is 9.96. The van der Waals surface area contributed by atoms with Crippen molar-refractivity contribution in [2.24, 2.45) is 0 Å². The SMILES string of the molecule is COc1ccc(NC(=O)Cn2cccn2)c(N)c1. The number of nitrogens with zero attached hydrogens (tertiary/aromatic N) is 2. The van der Waals surface area contributed by atoms with E-state index in [0.29, 0.717) is 17.1 Å². The highest BCUT2D eigenvalue weighted by Crippen LogP contribution is 2.23. The van der Waals surface area contributed by atoms with Crippen LogP contribution in [0.25, 0.3) is 0 Å². The van der Waals surface area contributed by atoms with Crippen LogP contribution in [0.2, 0.25) is 0 Å². The van der Waals surface area contributed by atoms with Gasteiger partial charge in [-0.25, -0.2) is 0 Å². The van der Waals surface area contributed by atoms with Crippen molar-refractivity contribution in [2.45, 2.75) is 6.54 Å². The molecule has 0 spiro atoms. The third-order valence-electron chi connectivity index (χ3n) is 2.40. The number of nitrogens with one attached hydrogen (secondary N) is 1. The number of nitrogen functional groups attached to an aromatic ring is 1. The van der Waals surface area contributed by atoms with Crippen molar-refractivity contribution in [2.75, 3.05) is 18.2 Å². The van der Waals surface area contributed by atoms with Gasteiger partial charge in [-0.15, -0.1) is 0 Å². The van der Waals surface area contributed by atoms with Crippen LogP contribution in [0.4, 0.5) is 11.4 Å². The van der Waals surface area contributed by atoms with Gasteiger partial charge in [-0.05, 0) is 18.2 Å². The lowest BCUT2D eigenvalue weighted by molar-refractivity contribution is -0.116. The summed E-state index contributed by atoms with van der Waals surface area (Å²) < 4.78 is 6.57. The molecule has 1 aromatic heterocycles. The molecule has 1 heterocycles. The van der Waals surface area contributed by atoms with E-state index < -0.39 is 0 Å². The molecule has 0 aliphatic carbocycles. The monoisotopic (exact) mass is 246 g/mol. The third-order valence-corrected chi connectivity index (χ3v) is 2.40. The molecule has 94 valence electrons. The molecule has 0 bridgehead atoms. The molecular formula is C12H14N4O2. The van der Waals surface area contributed by atoms with Crippen molar-refractivity contribution in [1.82, 2.24) is 9.78 Å². The Labute approximate surface area is 104 Å². The summed E-state index contributed by atoms with van der Waals surface area (Å²) in [5, 5.41) is 6.67. The lowest BCUT2D eigenvalue weighted by atomic mass is 10.2. The predicted molar refractivity (Wildman–Crippen MR) is 68.3 cm³/mol. The zero-order valence-electron chi connectivity index (χ0n) is 9.96. The van der Waals surface area contributed by atoms with E-state index in [1.54, 1.807) is 43.8 Å². The van der Waals surface area contributed by atoms with Crippen molar-refractivity contribution < 1.29 is 9.53 Å². The topological polar surface area (TPSA) is 82.2 Å². The van der Waals surface area contributed by atoms with Crippen LogP contribution in [0.3, 0.4) is 0 Å². The zero-order chi connectivity index (χ0) is 13.0. The maximum atomic E-state index is 11.7. The summed E-state index contributed by atoms with van der Waals surface area (Å²) in [5.41, 5.74) is 6.83. The van der Waals surface area contributed by atoms with Crippen LogP contribution in [0.5, 0.6) is 5.75 Å². The maximum absolute atomic E-state index is 11.7. The van der Waals surface area contributed by atoms with Gasteiger partial charge in [-0.1, -0.05) is 0 Å². The van der Waals surface area contributed by atoms with Gasteiger partial charge in [0.2, 0.25) is 5.91 Å². The number of rotatable bonds is 4. The number of ether oxygens (including phenoxy) is 1. The fourth-order valence-electron chi connectivity index (χ4n) is 1.51. The Bertz CT molecular complexity index is 537. The first-order valence-corrected chi connectivity index (χ1v) is 5.40. The van der Waals surface area contributed by atoms with E-state index in [-0.39, 0.29) is 12.5 Å². The van der Waals surface area contributed by atoms with E-state index in [1.807, 2.05) is 0 Å². The second-order valence-electron chi connectivity index (χ2n) is 3.70. The molecule has 0 atom stereocenters. The quantitative estimate of drug-likeness (QED) is 0.792. The fourth-order valence-corrected chi connectivity index (χ4v) is 1.51. The molecule has 2 aromatic rings. The molecule has 1 amide bonds. The normalized spacial score (nSPS) is 10.1. The van der Waals surface area contributed by atoms with Crippen molar-refractivity contribution >= 4 is 17.3 Å². The number of anilines is 2. The smallest absolute Gasteiger partial charge is 0.246 e. The highest BCUT2D eigenvalue weighted by Gasteiger charge is 2.07. The highest BCUT2D eigenvalue weighted by molar-refractivity contribution is 5.93. The summed E-state index contributed by atoms with van der Waals surface area (Å²) in [5.74, 6) is 0.466. The van der Waals surface area contributed by atoms with Crippen molar-refractivity contribution in [1.29, 1.82) is 0 Å². The summed E-state index contributed by atoms with van der Waals surface area (Å²) in [4.78, 5) is 11.7. The maximum Gasteiger partial charge on any atom is 0.246 e. The molecular weight excluding hydrogens is 232 g/mol. The average molecular weight is 246 g/mol. The number of hydrogen-bond donors (Lipinski definition) is 2. The van der Waals surface area contributed by atoms with Gasteiger partial charge in [-0.2, -0.15) is 5.10 Å². The second-order valence-corrected chi connectivity index (χ2v) is 3.70. The summed E-state index contributed by atoms with van der Waals surface area (Å²) in [7, 11) is 1.56. The molecule has 0 saturated carbocycles. The molecule has 0 aliphatic rings. The lowest BCUT2D eigenvalue weighted by Gasteiger charge is -2.09. The van der Waals surface area contributed by atoms with Crippen LogP contribution in [0.1, 0.15) is 0 Å². The Kier molecular flexibility index (Phi) is 3.47. The fraction of sp³-hybridized carbons (Fsp3) is 0.167. The molecule has 0 aliphatic heterocycles. The van der Waals surface area contributed by atoms with Crippen molar-refractivity contribution in [3.05, 3.63) is 36.7 Å². The van der Waals surface area contributed by atoms with E-state index in [1.165, 1.54) is 4.68 Å². The minimum atomic E-state index is -0.185. The highest BCUT2D eigenvalue weighted by atomic mass is 16.5. The second kappa shape index (κ2) is 5.22. The van der Waals surface area contributed by atoms with Gasteiger partial charge in [0.25, 0.3) is 0 Å². The Balaban J connectivity index is 2.03. The number of nitrogens with two attached hydrogens (primary N) is 1. The number of carbonyl (C=O) groups is 1. The molecule has 2 rings (SSSR count). The van der Waals surface area contributed by atoms with Gasteiger partial charge in [-0.3, -0.25) is 9.48 Å². The van der Waals surface area contributed by atoms with Gasteiger partial charge >= 0.3 is 0 Å². The van der Waals surface area contributed by atoms with E-state index in [9.17, 15) is 4.79 Å². The van der Waals surface area contributed by atoms with Crippen LogP contribution in [-0.4, -0.2) is 22.8 Å². The van der Waals surface area contributed by atoms with Crippen molar-refractivity contribution in [3.63, 3.8) is 0 Å². The van der Waals surface area contributed by atoms with Gasteiger partial charge in [0, 0.05) is 18.5 Å². The minimum Gasteiger partial charge on any atom is -0.497 e. The largest absolute Gasteiger partial charge is 0.497 e. The average Bonchev–Trinajstić information content (AvgIpc) is 2.84. The van der Waals surface area contributed by atoms with E-state index in [2.05, 4.69) is 10.4 Å². The first kappa shape index (κ1) is 12.0. The Hall–Kier alpha value is -2.50. The van der Waals surface area contributed by atoms with Gasteiger partial charge < -0.3 is 15.8 Å². The molecule has 0 unspecified atom stereocenters. The molecule has 0 saturated heterocycles. The summed E-state index contributed by atoms with van der Waals surface area (Å²) in [6, 6.07) is 6.85. The van der Waals surface area contributed by atoms with E-state index in [4.69, 9.17) is 10.5 Å². The first-order chi connectivity index (χ1) is 8.69. The van der Waals surface area contributed by atoms with Crippen LogP contribution in [-0.2, 0) is 11.3 Å². The third kappa shape index (κ3) is 2.79. The van der Waals surface area contributed by atoms with Gasteiger partial charge in [0.15, 0.2) is 0 Å². The minimum absolute atomic E-state index is 0.151. The number of aromatic nitrogens is 2. The standard InChI is InChI=1S/C12H14N4O2/c1-18-9-3-4-11(10(13)7-9)15-12(17)8-16-6-2-5-14-16/h2-7H,8,13H2,1H3,(H,15,17). The molecule has 6 heteroatoms. The molecule has 0 radical (unpaired) electrons. The number of carbonyl (C=O) groups excluding carboxylic acids is 1. The number of hydrogen-bond acceptors (Lipinski definition) is 4. The van der Waals surface area contributed by atoms with Crippen LogP contribution >= 0.6 is 0 Å². The summed E-state index contributed by atoms with van der Waals surface area (Å²) in [6.07, 6.45) is 3.34. The molecule has 6 nitrogen and oxygen atoms in total. The van der Waals surface area contributed by atoms with Crippen LogP contribution in [0, 0.1) is 0 Å². The van der Waals surface area contributed by atoms with Crippen LogP contribution < -0.4 is 15.8 Å². The lowest BCUT2D eigenvalue weighted by Crippen LogP contribution is -2.19. The number of methoxy groups -OCH3 is 1. The summed E-state index contributed by atoms with van der Waals surface area (Å²) >= 11 is 0. The molecule has 1 aromatic carbocycles. The van der Waals surface area contributed by atoms with E-state index >= 15 is 0 Å².